The monoisotopic (exact) mass is 405 g/mol. The number of halogens is 2. The molecule has 0 saturated heterocycles. The van der Waals surface area contributed by atoms with E-state index < -0.39 is 0 Å². The molecule has 0 spiro atoms. The Bertz CT molecular complexity index is 875. The fourth-order valence-corrected chi connectivity index (χ4v) is 2.78. The van der Waals surface area contributed by atoms with Crippen molar-refractivity contribution in [2.24, 2.45) is 0 Å². The van der Waals surface area contributed by atoms with Gasteiger partial charge in [0.2, 0.25) is 0 Å². The summed E-state index contributed by atoms with van der Waals surface area (Å²) < 4.78 is 10.9. The summed E-state index contributed by atoms with van der Waals surface area (Å²) >= 11 is 6.15. The van der Waals surface area contributed by atoms with Crippen molar-refractivity contribution in [1.82, 2.24) is 5.32 Å². The molecule has 0 atom stereocenters. The fourth-order valence-electron chi connectivity index (χ4n) is 2.58. The molecule has 1 aromatic heterocycles. The molecule has 0 amide bonds. The first-order valence-corrected chi connectivity index (χ1v) is 8.85. The van der Waals surface area contributed by atoms with E-state index in [1.54, 1.807) is 19.1 Å². The van der Waals surface area contributed by atoms with E-state index in [4.69, 9.17) is 20.8 Å². The number of benzene rings is 2. The van der Waals surface area contributed by atoms with Crippen molar-refractivity contribution in [3.63, 3.8) is 0 Å². The van der Waals surface area contributed by atoms with E-state index in [2.05, 4.69) is 5.32 Å². The van der Waals surface area contributed by atoms with E-state index in [-0.39, 0.29) is 18.4 Å². The van der Waals surface area contributed by atoms with E-state index >= 15 is 0 Å². The minimum Gasteiger partial charge on any atom is -0.462 e. The summed E-state index contributed by atoms with van der Waals surface area (Å²) in [6.07, 6.45) is 0. The second-order valence-corrected chi connectivity index (χ2v) is 6.17. The Morgan fingerprint density at radius 2 is 1.78 bits per heavy atom. The molecule has 0 aliphatic rings. The molecule has 142 valence electrons. The maximum absolute atomic E-state index is 11.7. The lowest BCUT2D eigenvalue weighted by atomic mass is 10.1. The van der Waals surface area contributed by atoms with E-state index in [9.17, 15) is 4.79 Å². The Morgan fingerprint density at radius 3 is 2.48 bits per heavy atom. The number of ether oxygens (including phenoxy) is 1. The molecule has 3 aromatic rings. The highest BCUT2D eigenvalue weighted by Gasteiger charge is 2.09. The summed E-state index contributed by atoms with van der Waals surface area (Å²) in [5.74, 6) is 1.28. The van der Waals surface area contributed by atoms with Crippen LogP contribution in [0.4, 0.5) is 0 Å². The van der Waals surface area contributed by atoms with E-state index in [1.807, 2.05) is 48.5 Å². The van der Waals surface area contributed by atoms with Gasteiger partial charge in [0.25, 0.3) is 0 Å². The van der Waals surface area contributed by atoms with Gasteiger partial charge in [0, 0.05) is 17.1 Å². The molecule has 0 radical (unpaired) electrons. The van der Waals surface area contributed by atoms with Gasteiger partial charge in [-0.05, 0) is 42.8 Å². The van der Waals surface area contributed by atoms with Crippen molar-refractivity contribution in [3.8, 4) is 11.3 Å². The average Bonchev–Trinajstić information content (AvgIpc) is 3.13. The normalized spacial score (nSPS) is 10.3. The fraction of sp³-hybridized carbons (Fsp3) is 0.190. The van der Waals surface area contributed by atoms with Crippen molar-refractivity contribution in [1.29, 1.82) is 0 Å². The molecule has 27 heavy (non-hydrogen) atoms. The number of hydrogen-bond acceptors (Lipinski definition) is 4. The van der Waals surface area contributed by atoms with Gasteiger partial charge in [0.1, 0.15) is 11.5 Å². The maximum Gasteiger partial charge on any atom is 0.338 e. The smallest absolute Gasteiger partial charge is 0.338 e. The number of nitrogens with one attached hydrogen (secondary N) is 1. The molecule has 0 aliphatic carbocycles. The van der Waals surface area contributed by atoms with Crippen molar-refractivity contribution in [3.05, 3.63) is 82.6 Å². The van der Waals surface area contributed by atoms with Gasteiger partial charge in [-0.25, -0.2) is 4.79 Å². The Morgan fingerprint density at radius 1 is 1.04 bits per heavy atom. The summed E-state index contributed by atoms with van der Waals surface area (Å²) in [4.78, 5) is 11.7. The summed E-state index contributed by atoms with van der Waals surface area (Å²) in [7, 11) is 0. The van der Waals surface area contributed by atoms with Gasteiger partial charge in [-0.2, -0.15) is 0 Å². The molecule has 1 N–H and O–H groups in total. The lowest BCUT2D eigenvalue weighted by molar-refractivity contribution is 0.0526. The van der Waals surface area contributed by atoms with Crippen LogP contribution in [0.5, 0.6) is 0 Å². The van der Waals surface area contributed by atoms with Crippen LogP contribution in [0.3, 0.4) is 0 Å². The summed E-state index contributed by atoms with van der Waals surface area (Å²) in [6.45, 7) is 3.43. The number of hydrogen-bond donors (Lipinski definition) is 1. The predicted molar refractivity (Wildman–Crippen MR) is 109 cm³/mol. The number of carbonyl (C=O) groups is 1. The van der Waals surface area contributed by atoms with Crippen LogP contribution >= 0.6 is 24.0 Å². The van der Waals surface area contributed by atoms with Crippen molar-refractivity contribution in [2.75, 3.05) is 6.61 Å². The topological polar surface area (TPSA) is 51.5 Å². The quantitative estimate of drug-likeness (QED) is 0.528. The van der Waals surface area contributed by atoms with Crippen LogP contribution in [0.2, 0.25) is 5.02 Å². The minimum atomic E-state index is -0.317. The molecule has 0 aliphatic heterocycles. The van der Waals surface area contributed by atoms with Gasteiger partial charge in [0.05, 0.1) is 18.7 Å². The predicted octanol–water partition coefficient (Wildman–Crippen LogP) is 5.49. The third-order valence-corrected chi connectivity index (χ3v) is 4.28. The third kappa shape index (κ3) is 5.60. The number of furan rings is 1. The second kappa shape index (κ2) is 10.2. The van der Waals surface area contributed by atoms with Crippen molar-refractivity contribution < 1.29 is 13.9 Å². The first kappa shape index (κ1) is 21.0. The zero-order valence-electron chi connectivity index (χ0n) is 14.9. The van der Waals surface area contributed by atoms with Crippen molar-refractivity contribution in [2.45, 2.75) is 20.0 Å². The molecule has 0 unspecified atom stereocenters. The maximum atomic E-state index is 11.7. The largest absolute Gasteiger partial charge is 0.462 e. The van der Waals surface area contributed by atoms with Crippen LogP contribution in [0.25, 0.3) is 11.3 Å². The molecule has 6 heteroatoms. The van der Waals surface area contributed by atoms with E-state index in [0.717, 1.165) is 27.7 Å². The average molecular weight is 406 g/mol. The van der Waals surface area contributed by atoms with Crippen molar-refractivity contribution >= 4 is 30.0 Å². The molecule has 1 heterocycles. The van der Waals surface area contributed by atoms with Gasteiger partial charge in [-0.3, -0.25) is 0 Å². The molecule has 0 saturated carbocycles. The van der Waals surface area contributed by atoms with E-state index in [0.29, 0.717) is 25.3 Å². The highest BCUT2D eigenvalue weighted by molar-refractivity contribution is 6.31. The highest BCUT2D eigenvalue weighted by Crippen LogP contribution is 2.23. The van der Waals surface area contributed by atoms with Gasteiger partial charge in [-0.1, -0.05) is 41.9 Å². The van der Waals surface area contributed by atoms with Crippen LogP contribution in [-0.4, -0.2) is 12.6 Å². The zero-order chi connectivity index (χ0) is 18.4. The van der Waals surface area contributed by atoms with Crippen LogP contribution in [0.1, 0.15) is 28.6 Å². The number of esters is 1. The van der Waals surface area contributed by atoms with Crippen LogP contribution < -0.4 is 5.32 Å². The molecular formula is C21H21Cl2NO3. The molecule has 0 bridgehead atoms. The SMILES string of the molecule is CCOC(=O)c1ccc(-c2ccc(CNCc3ccccc3Cl)o2)cc1.Cl. The summed E-state index contributed by atoms with van der Waals surface area (Å²) in [6, 6.07) is 18.8. The van der Waals surface area contributed by atoms with E-state index in [1.165, 1.54) is 0 Å². The van der Waals surface area contributed by atoms with Crippen LogP contribution in [-0.2, 0) is 17.8 Å². The van der Waals surface area contributed by atoms with Gasteiger partial charge < -0.3 is 14.5 Å². The minimum absolute atomic E-state index is 0. The summed E-state index contributed by atoms with van der Waals surface area (Å²) in [5, 5.41) is 4.07. The van der Waals surface area contributed by atoms with Gasteiger partial charge in [-0.15, -0.1) is 12.4 Å². The van der Waals surface area contributed by atoms with Crippen LogP contribution in [0, 0.1) is 0 Å². The van der Waals surface area contributed by atoms with Gasteiger partial charge in [0.15, 0.2) is 0 Å². The summed E-state index contributed by atoms with van der Waals surface area (Å²) in [5.41, 5.74) is 2.50. The molecule has 4 nitrogen and oxygen atoms in total. The number of carbonyl (C=O) groups excluding carboxylic acids is 1. The lowest BCUT2D eigenvalue weighted by Gasteiger charge is -2.05. The molecular weight excluding hydrogens is 385 g/mol. The first-order chi connectivity index (χ1) is 12.7. The molecule has 2 aromatic carbocycles. The highest BCUT2D eigenvalue weighted by atomic mass is 35.5. The number of rotatable bonds is 7. The molecule has 3 rings (SSSR count). The zero-order valence-corrected chi connectivity index (χ0v) is 16.5. The van der Waals surface area contributed by atoms with Crippen LogP contribution in [0.15, 0.2) is 65.1 Å². The van der Waals surface area contributed by atoms with Gasteiger partial charge >= 0.3 is 5.97 Å². The first-order valence-electron chi connectivity index (χ1n) is 8.47. The molecule has 0 fully saturated rings. The Balaban J connectivity index is 0.00000261. The Hall–Kier alpha value is -2.27. The third-order valence-electron chi connectivity index (χ3n) is 3.91. The Labute approximate surface area is 169 Å². The second-order valence-electron chi connectivity index (χ2n) is 5.76. The lowest BCUT2D eigenvalue weighted by Crippen LogP contribution is -2.12. The Kier molecular flexibility index (Phi) is 7.92. The standard InChI is InChI=1S/C21H20ClNO3.ClH/c1-2-25-21(24)16-9-7-15(8-10-16)20-12-11-18(26-20)14-23-13-17-5-3-4-6-19(17)22;/h3-12,23H,2,13-14H2,1H3;1H.